The number of benzene rings is 1. The van der Waals surface area contributed by atoms with Crippen molar-refractivity contribution in [2.45, 2.75) is 26.2 Å². The van der Waals surface area contributed by atoms with E-state index in [1.807, 2.05) is 18.2 Å². The molecule has 0 atom stereocenters. The molecule has 1 heterocycles. The minimum absolute atomic E-state index is 0.0326. The lowest BCUT2D eigenvalue weighted by Crippen LogP contribution is -2.11. The highest BCUT2D eigenvalue weighted by Crippen LogP contribution is 2.21. The molecule has 0 radical (unpaired) electrons. The van der Waals surface area contributed by atoms with Crippen molar-refractivity contribution in [1.29, 1.82) is 0 Å². The van der Waals surface area contributed by atoms with E-state index in [1.165, 1.54) is 6.08 Å². The van der Waals surface area contributed by atoms with Gasteiger partial charge in [0.05, 0.1) is 0 Å². The van der Waals surface area contributed by atoms with Crippen LogP contribution >= 0.6 is 11.6 Å². The highest BCUT2D eigenvalue weighted by molar-refractivity contribution is 6.30. The molecular weight excluding hydrogens is 286 g/mol. The van der Waals surface area contributed by atoms with Crippen LogP contribution in [0, 0.1) is 0 Å². The van der Waals surface area contributed by atoms with Gasteiger partial charge in [-0.25, -0.2) is 0 Å². The van der Waals surface area contributed by atoms with Crippen LogP contribution in [0.5, 0.6) is 0 Å². The van der Waals surface area contributed by atoms with E-state index >= 15 is 0 Å². The Bertz CT molecular complexity index is 651. The molecule has 2 rings (SSSR count). The number of anilines is 1. The molecule has 110 valence electrons. The van der Waals surface area contributed by atoms with E-state index in [2.05, 4.69) is 36.3 Å². The summed E-state index contributed by atoms with van der Waals surface area (Å²) < 4.78 is 0. The summed E-state index contributed by atoms with van der Waals surface area (Å²) in [4.78, 5) is 11.8. The van der Waals surface area contributed by atoms with Gasteiger partial charge in [-0.3, -0.25) is 9.89 Å². The normalized spacial score (nSPS) is 11.8. The van der Waals surface area contributed by atoms with E-state index in [-0.39, 0.29) is 11.3 Å². The number of H-pyrrole nitrogens is 1. The maximum absolute atomic E-state index is 11.8. The first-order valence-corrected chi connectivity index (χ1v) is 7.03. The lowest BCUT2D eigenvalue weighted by Gasteiger charge is -2.14. The Morgan fingerprint density at radius 3 is 2.52 bits per heavy atom. The largest absolute Gasteiger partial charge is 0.306 e. The third-order valence-corrected chi connectivity index (χ3v) is 3.19. The topological polar surface area (TPSA) is 57.8 Å². The zero-order chi connectivity index (χ0) is 15.5. The number of rotatable bonds is 3. The summed E-state index contributed by atoms with van der Waals surface area (Å²) in [5, 5.41) is 10.4. The molecule has 0 unspecified atom stereocenters. The Morgan fingerprint density at radius 2 is 1.95 bits per heavy atom. The zero-order valence-electron chi connectivity index (χ0n) is 12.3. The molecule has 0 aliphatic heterocycles. The molecule has 0 spiro atoms. The standard InChI is InChI=1S/C16H18ClN3O/c1-16(2,3)13-10-14(20-19-13)18-15(21)9-6-11-4-7-12(17)8-5-11/h4-10H,1-3H3,(H2,18,19,20,21)/b9-6+. The fourth-order valence-corrected chi connectivity index (χ4v) is 1.81. The van der Waals surface area contributed by atoms with Crippen LogP contribution in [0.3, 0.4) is 0 Å². The molecule has 5 heteroatoms. The maximum atomic E-state index is 11.8. The Hall–Kier alpha value is -2.07. The third kappa shape index (κ3) is 4.46. The van der Waals surface area contributed by atoms with Gasteiger partial charge in [0.25, 0.3) is 0 Å². The van der Waals surface area contributed by atoms with Crippen LogP contribution in [0.15, 0.2) is 36.4 Å². The summed E-state index contributed by atoms with van der Waals surface area (Å²) >= 11 is 5.81. The van der Waals surface area contributed by atoms with E-state index in [0.717, 1.165) is 11.3 Å². The van der Waals surface area contributed by atoms with Crippen LogP contribution in [0.25, 0.3) is 6.08 Å². The fourth-order valence-electron chi connectivity index (χ4n) is 1.68. The average molecular weight is 304 g/mol. The molecule has 0 aliphatic rings. The summed E-state index contributed by atoms with van der Waals surface area (Å²) in [5.41, 5.74) is 1.85. The fraction of sp³-hybridized carbons (Fsp3) is 0.250. The van der Waals surface area contributed by atoms with Crippen LogP contribution in [0.2, 0.25) is 5.02 Å². The molecule has 2 N–H and O–H groups in total. The van der Waals surface area contributed by atoms with Crippen molar-refractivity contribution in [1.82, 2.24) is 10.2 Å². The number of carbonyl (C=O) groups excluding carboxylic acids is 1. The first-order chi connectivity index (χ1) is 9.84. The van der Waals surface area contributed by atoms with Gasteiger partial charge < -0.3 is 5.32 Å². The summed E-state index contributed by atoms with van der Waals surface area (Å²) in [5.74, 6) is 0.294. The Kier molecular flexibility index (Phi) is 4.48. The average Bonchev–Trinajstić information content (AvgIpc) is 2.86. The minimum atomic E-state index is -0.225. The number of aromatic nitrogens is 2. The molecule has 21 heavy (non-hydrogen) atoms. The van der Waals surface area contributed by atoms with Gasteiger partial charge in [0.15, 0.2) is 5.82 Å². The molecule has 0 aliphatic carbocycles. The number of amides is 1. The number of halogens is 1. The number of hydrogen-bond acceptors (Lipinski definition) is 2. The molecule has 2 aromatic rings. The predicted octanol–water partition coefficient (Wildman–Crippen LogP) is 4.01. The van der Waals surface area contributed by atoms with E-state index in [4.69, 9.17) is 11.6 Å². The Labute approximate surface area is 129 Å². The van der Waals surface area contributed by atoms with Crippen LogP contribution < -0.4 is 5.32 Å². The number of aromatic amines is 1. The van der Waals surface area contributed by atoms with Crippen molar-refractivity contribution in [3.63, 3.8) is 0 Å². The van der Waals surface area contributed by atoms with Crippen LogP contribution in [0.4, 0.5) is 5.82 Å². The van der Waals surface area contributed by atoms with Gasteiger partial charge in [-0.15, -0.1) is 0 Å². The first-order valence-electron chi connectivity index (χ1n) is 6.65. The van der Waals surface area contributed by atoms with E-state index in [9.17, 15) is 4.79 Å². The molecule has 0 bridgehead atoms. The number of nitrogens with one attached hydrogen (secondary N) is 2. The molecule has 4 nitrogen and oxygen atoms in total. The smallest absolute Gasteiger partial charge is 0.249 e. The summed E-state index contributed by atoms with van der Waals surface area (Å²) in [6.45, 7) is 6.23. The lowest BCUT2D eigenvalue weighted by molar-refractivity contribution is -0.111. The molecule has 0 saturated heterocycles. The molecule has 1 amide bonds. The van der Waals surface area contributed by atoms with Gasteiger partial charge >= 0.3 is 0 Å². The predicted molar refractivity (Wildman–Crippen MR) is 86.4 cm³/mol. The van der Waals surface area contributed by atoms with Gasteiger partial charge in [0.2, 0.25) is 5.91 Å². The monoisotopic (exact) mass is 303 g/mol. The lowest BCUT2D eigenvalue weighted by atomic mass is 9.92. The van der Waals surface area contributed by atoms with Gasteiger partial charge in [-0.05, 0) is 23.8 Å². The number of carbonyl (C=O) groups is 1. The zero-order valence-corrected chi connectivity index (χ0v) is 13.0. The van der Waals surface area contributed by atoms with Crippen LogP contribution in [-0.2, 0) is 10.2 Å². The highest BCUT2D eigenvalue weighted by Gasteiger charge is 2.16. The van der Waals surface area contributed by atoms with Crippen molar-refractivity contribution >= 4 is 29.4 Å². The summed E-state index contributed by atoms with van der Waals surface area (Å²) in [6, 6.07) is 9.09. The molecule has 1 aromatic carbocycles. The van der Waals surface area contributed by atoms with Crippen molar-refractivity contribution in [3.05, 3.63) is 52.7 Å². The van der Waals surface area contributed by atoms with Crippen molar-refractivity contribution < 1.29 is 4.79 Å². The Balaban J connectivity index is 1.98. The SMILES string of the molecule is CC(C)(C)c1cc(NC(=O)/C=C/c2ccc(Cl)cc2)n[nH]1. The van der Waals surface area contributed by atoms with Crippen molar-refractivity contribution in [2.75, 3.05) is 5.32 Å². The van der Waals surface area contributed by atoms with Gasteiger partial charge in [0.1, 0.15) is 0 Å². The third-order valence-electron chi connectivity index (χ3n) is 2.93. The number of hydrogen-bond donors (Lipinski definition) is 2. The maximum Gasteiger partial charge on any atom is 0.249 e. The van der Waals surface area contributed by atoms with E-state index in [0.29, 0.717) is 10.8 Å². The van der Waals surface area contributed by atoms with Gasteiger partial charge in [-0.1, -0.05) is 44.5 Å². The van der Waals surface area contributed by atoms with Crippen LogP contribution in [0.1, 0.15) is 32.0 Å². The van der Waals surface area contributed by atoms with E-state index in [1.54, 1.807) is 18.2 Å². The van der Waals surface area contributed by atoms with Gasteiger partial charge in [0, 0.05) is 28.3 Å². The van der Waals surface area contributed by atoms with Crippen molar-refractivity contribution in [3.8, 4) is 0 Å². The second kappa shape index (κ2) is 6.14. The number of nitrogens with zero attached hydrogens (tertiary/aromatic N) is 1. The minimum Gasteiger partial charge on any atom is -0.306 e. The second-order valence-electron chi connectivity index (χ2n) is 5.79. The van der Waals surface area contributed by atoms with Gasteiger partial charge in [-0.2, -0.15) is 5.10 Å². The molecule has 0 saturated carbocycles. The summed E-state index contributed by atoms with van der Waals surface area (Å²) in [6.07, 6.45) is 3.19. The molecule has 1 aromatic heterocycles. The van der Waals surface area contributed by atoms with E-state index < -0.39 is 0 Å². The summed E-state index contributed by atoms with van der Waals surface area (Å²) in [7, 11) is 0. The Morgan fingerprint density at radius 1 is 1.29 bits per heavy atom. The van der Waals surface area contributed by atoms with Crippen molar-refractivity contribution in [2.24, 2.45) is 0 Å². The quantitative estimate of drug-likeness (QED) is 0.842. The molecule has 0 fully saturated rings. The molecular formula is C16H18ClN3O. The van der Waals surface area contributed by atoms with Crippen LogP contribution in [-0.4, -0.2) is 16.1 Å². The first kappa shape index (κ1) is 15.3. The highest BCUT2D eigenvalue weighted by atomic mass is 35.5. The second-order valence-corrected chi connectivity index (χ2v) is 6.23.